The summed E-state index contributed by atoms with van der Waals surface area (Å²) in [6, 6.07) is 4.81. The maximum atomic E-state index is 11.8. The Morgan fingerprint density at radius 2 is 1.04 bits per heavy atom. The van der Waals surface area contributed by atoms with E-state index >= 15 is 0 Å². The van der Waals surface area contributed by atoms with Gasteiger partial charge in [-0.15, -0.1) is 0 Å². The zero-order valence-corrected chi connectivity index (χ0v) is 19.2. The van der Waals surface area contributed by atoms with Gasteiger partial charge in [0.15, 0.2) is 0 Å². The predicted molar refractivity (Wildman–Crippen MR) is 110 cm³/mol. The van der Waals surface area contributed by atoms with Crippen LogP contribution in [0.15, 0.2) is 34.1 Å². The molecule has 0 bridgehead atoms. The molecule has 0 saturated carbocycles. The highest BCUT2D eigenvalue weighted by atomic mass is 127. The second-order valence-electron chi connectivity index (χ2n) is 4.92. The first-order valence-electron chi connectivity index (χ1n) is 6.60. The van der Waals surface area contributed by atoms with Crippen LogP contribution < -0.4 is 9.47 Å². The minimum Gasteiger partial charge on any atom is -0.496 e. The van der Waals surface area contributed by atoms with Crippen LogP contribution in [0.4, 0.5) is 0 Å². The van der Waals surface area contributed by atoms with Crippen molar-refractivity contribution >= 4 is 65.4 Å². The Kier molecular flexibility index (Phi) is 6.44. The summed E-state index contributed by atoms with van der Waals surface area (Å²) in [5.41, 5.74) is -0.320. The molecular weight excluding hydrogens is 614 g/mol. The summed E-state index contributed by atoms with van der Waals surface area (Å²) in [6.07, 6.45) is 0. The average Bonchev–Trinajstić information content (AvgIpc) is 2.52. The molecule has 12 heteroatoms. The van der Waals surface area contributed by atoms with Gasteiger partial charge in [0.05, 0.1) is 21.4 Å². The predicted octanol–water partition coefficient (Wildman–Crippen LogP) is 3.07. The van der Waals surface area contributed by atoms with Crippen LogP contribution in [0.2, 0.25) is 0 Å². The molecular formula is C14H12I2O8S2. The van der Waals surface area contributed by atoms with E-state index in [4.69, 9.17) is 9.47 Å². The quantitative estimate of drug-likeness (QED) is 0.383. The minimum absolute atomic E-state index is 0.160. The third-order valence-electron chi connectivity index (χ3n) is 3.35. The summed E-state index contributed by atoms with van der Waals surface area (Å²) in [7, 11) is -6.69. The lowest BCUT2D eigenvalue weighted by Gasteiger charge is -2.16. The van der Waals surface area contributed by atoms with E-state index in [1.165, 1.54) is 26.4 Å². The van der Waals surface area contributed by atoms with Gasteiger partial charge in [0.2, 0.25) is 0 Å². The Labute approximate surface area is 177 Å². The number of benzene rings is 2. The van der Waals surface area contributed by atoms with Crippen molar-refractivity contribution in [3.8, 4) is 22.6 Å². The van der Waals surface area contributed by atoms with Gasteiger partial charge in [-0.3, -0.25) is 9.11 Å². The summed E-state index contributed by atoms with van der Waals surface area (Å²) in [5, 5.41) is 0. The molecule has 0 aromatic heterocycles. The SMILES string of the molecule is COc1cc(-c2cc(OC)c(I)cc2S(=O)(=O)O)c(S(=O)(=O)O)cc1I. The molecule has 0 aliphatic heterocycles. The maximum absolute atomic E-state index is 11.8. The number of hydrogen-bond donors (Lipinski definition) is 2. The van der Waals surface area contributed by atoms with Crippen molar-refractivity contribution in [2.75, 3.05) is 14.2 Å². The first kappa shape index (κ1) is 21.6. The molecule has 0 radical (unpaired) electrons. The van der Waals surface area contributed by atoms with Gasteiger partial charge in [-0.2, -0.15) is 16.8 Å². The second-order valence-corrected chi connectivity index (χ2v) is 10.0. The van der Waals surface area contributed by atoms with Crippen LogP contribution in [0.25, 0.3) is 11.1 Å². The van der Waals surface area contributed by atoms with Crippen molar-refractivity contribution in [1.29, 1.82) is 0 Å². The van der Waals surface area contributed by atoms with Crippen LogP contribution >= 0.6 is 45.2 Å². The fourth-order valence-electron chi connectivity index (χ4n) is 2.23. The van der Waals surface area contributed by atoms with Gasteiger partial charge in [0.25, 0.3) is 20.2 Å². The fourth-order valence-corrected chi connectivity index (χ4v) is 5.46. The molecule has 0 aliphatic rings. The fraction of sp³-hybridized carbons (Fsp3) is 0.143. The zero-order chi connectivity index (χ0) is 19.9. The highest BCUT2D eigenvalue weighted by Crippen LogP contribution is 2.40. The summed E-state index contributed by atoms with van der Waals surface area (Å²) < 4.78 is 77.5. The molecule has 0 amide bonds. The number of halogens is 2. The summed E-state index contributed by atoms with van der Waals surface area (Å²) in [6.45, 7) is 0. The van der Waals surface area contributed by atoms with Gasteiger partial charge >= 0.3 is 0 Å². The topological polar surface area (TPSA) is 127 Å². The van der Waals surface area contributed by atoms with Crippen LogP contribution in [0.1, 0.15) is 0 Å². The van der Waals surface area contributed by atoms with Gasteiger partial charge < -0.3 is 9.47 Å². The van der Waals surface area contributed by atoms with Crippen molar-refractivity contribution in [2.45, 2.75) is 9.79 Å². The monoisotopic (exact) mass is 626 g/mol. The number of methoxy groups -OCH3 is 2. The molecule has 2 aromatic carbocycles. The molecule has 26 heavy (non-hydrogen) atoms. The molecule has 8 nitrogen and oxygen atoms in total. The molecule has 0 fully saturated rings. The summed E-state index contributed by atoms with van der Waals surface area (Å²) >= 11 is 3.62. The smallest absolute Gasteiger partial charge is 0.295 e. The van der Waals surface area contributed by atoms with Gasteiger partial charge in [-0.05, 0) is 69.4 Å². The number of ether oxygens (including phenoxy) is 2. The summed E-state index contributed by atoms with van der Waals surface area (Å²) in [5.74, 6) is 0.513. The van der Waals surface area contributed by atoms with E-state index in [0.717, 1.165) is 12.1 Å². The first-order chi connectivity index (χ1) is 11.9. The lowest BCUT2D eigenvalue weighted by molar-refractivity contribution is 0.410. The Morgan fingerprint density at radius 1 is 0.731 bits per heavy atom. The van der Waals surface area contributed by atoms with E-state index in [-0.39, 0.29) is 22.6 Å². The molecule has 0 saturated heterocycles. The third kappa shape index (κ3) is 4.41. The Balaban J connectivity index is 3.04. The Morgan fingerprint density at radius 3 is 1.27 bits per heavy atom. The lowest BCUT2D eigenvalue weighted by Crippen LogP contribution is -2.07. The zero-order valence-electron chi connectivity index (χ0n) is 13.2. The molecule has 2 rings (SSSR count). The van der Waals surface area contributed by atoms with E-state index in [1.54, 1.807) is 0 Å². The van der Waals surface area contributed by atoms with Crippen LogP contribution in [0, 0.1) is 7.14 Å². The molecule has 142 valence electrons. The highest BCUT2D eigenvalue weighted by molar-refractivity contribution is 14.1. The third-order valence-corrected chi connectivity index (χ3v) is 6.83. The number of hydrogen-bond acceptors (Lipinski definition) is 6. The Bertz CT molecular complexity index is 991. The van der Waals surface area contributed by atoms with E-state index in [2.05, 4.69) is 0 Å². The van der Waals surface area contributed by atoms with Gasteiger partial charge in [0, 0.05) is 11.1 Å². The van der Waals surface area contributed by atoms with Crippen molar-refractivity contribution < 1.29 is 35.4 Å². The molecule has 0 spiro atoms. The van der Waals surface area contributed by atoms with E-state index in [1.807, 2.05) is 45.2 Å². The molecule has 0 heterocycles. The number of rotatable bonds is 5. The van der Waals surface area contributed by atoms with Crippen molar-refractivity contribution in [1.82, 2.24) is 0 Å². The lowest BCUT2D eigenvalue weighted by atomic mass is 10.0. The molecule has 2 aromatic rings. The largest absolute Gasteiger partial charge is 0.496 e. The Hall–Kier alpha value is -0.680. The van der Waals surface area contributed by atoms with Gasteiger partial charge in [-0.25, -0.2) is 0 Å². The first-order valence-corrected chi connectivity index (χ1v) is 11.6. The molecule has 2 N–H and O–H groups in total. The van der Waals surface area contributed by atoms with E-state index < -0.39 is 30.0 Å². The average molecular weight is 626 g/mol. The summed E-state index contributed by atoms with van der Waals surface area (Å²) in [4.78, 5) is -1.06. The second kappa shape index (κ2) is 7.75. The van der Waals surface area contributed by atoms with Crippen LogP contribution in [0.5, 0.6) is 11.5 Å². The van der Waals surface area contributed by atoms with Crippen LogP contribution in [-0.2, 0) is 20.2 Å². The molecule has 0 unspecified atom stereocenters. The van der Waals surface area contributed by atoms with Crippen LogP contribution in [0.3, 0.4) is 0 Å². The molecule has 0 aliphatic carbocycles. The van der Waals surface area contributed by atoms with Gasteiger partial charge in [-0.1, -0.05) is 0 Å². The van der Waals surface area contributed by atoms with Gasteiger partial charge in [0.1, 0.15) is 21.3 Å². The minimum atomic E-state index is -4.70. The van der Waals surface area contributed by atoms with Crippen LogP contribution in [-0.4, -0.2) is 40.2 Å². The van der Waals surface area contributed by atoms with Crippen molar-refractivity contribution in [3.63, 3.8) is 0 Å². The maximum Gasteiger partial charge on any atom is 0.295 e. The highest BCUT2D eigenvalue weighted by Gasteiger charge is 2.26. The standard InChI is InChI=1S/C14H12I2O8S2/c1-23-11-3-7(13(5-9(11)15)25(17,18)19)8-4-12(24-2)10(16)6-14(8)26(20,21)22/h3-6H,1-2H3,(H,17,18,19)(H,20,21,22). The van der Waals surface area contributed by atoms with E-state index in [9.17, 15) is 25.9 Å². The molecule has 0 atom stereocenters. The van der Waals surface area contributed by atoms with Crippen molar-refractivity contribution in [2.24, 2.45) is 0 Å². The van der Waals surface area contributed by atoms with Crippen molar-refractivity contribution in [3.05, 3.63) is 31.4 Å². The normalized spacial score (nSPS) is 12.1. The van der Waals surface area contributed by atoms with E-state index in [0.29, 0.717) is 7.14 Å².